The minimum atomic E-state index is -4.79. The number of hydrogen-bond donors (Lipinski definition) is 1. The minimum absolute atomic E-state index is 0.161. The molecule has 8 heteroatoms. The summed E-state index contributed by atoms with van der Waals surface area (Å²) in [6, 6.07) is 13.0. The van der Waals surface area contributed by atoms with Gasteiger partial charge >= 0.3 is 12.3 Å². The van der Waals surface area contributed by atoms with Crippen molar-refractivity contribution < 1.29 is 32.2 Å². The van der Waals surface area contributed by atoms with E-state index in [-0.39, 0.29) is 5.70 Å². The zero-order chi connectivity index (χ0) is 19.2. The third kappa shape index (κ3) is 5.66. The molecule has 0 aromatic heterocycles. The Morgan fingerprint density at radius 3 is 2.15 bits per heavy atom. The average Bonchev–Trinajstić information content (AvgIpc) is 2.61. The van der Waals surface area contributed by atoms with Gasteiger partial charge in [-0.05, 0) is 35.9 Å². The third-order valence-corrected chi connectivity index (χ3v) is 3.11. The molecular weight excluding hydrogens is 351 g/mol. The normalized spacial score (nSPS) is 11.6. The van der Waals surface area contributed by atoms with Crippen molar-refractivity contribution in [3.63, 3.8) is 0 Å². The van der Waals surface area contributed by atoms with Crippen LogP contribution in [0.15, 0.2) is 60.3 Å². The number of halogens is 3. The number of nitrogens with one attached hydrogen (secondary N) is 1. The van der Waals surface area contributed by atoms with Crippen LogP contribution in [0.4, 0.5) is 13.2 Å². The summed E-state index contributed by atoms with van der Waals surface area (Å²) >= 11 is 0. The van der Waals surface area contributed by atoms with Crippen LogP contribution < -0.4 is 10.1 Å². The van der Waals surface area contributed by atoms with Gasteiger partial charge in [-0.1, -0.05) is 30.3 Å². The van der Waals surface area contributed by atoms with Crippen molar-refractivity contribution in [1.29, 1.82) is 0 Å². The van der Waals surface area contributed by atoms with Crippen LogP contribution in [0.1, 0.15) is 15.9 Å². The molecule has 136 valence electrons. The molecule has 0 saturated heterocycles. The first-order valence-electron chi connectivity index (χ1n) is 7.31. The van der Waals surface area contributed by atoms with E-state index in [0.717, 1.165) is 19.2 Å². The highest BCUT2D eigenvalue weighted by molar-refractivity contribution is 6.03. The molecule has 0 bridgehead atoms. The van der Waals surface area contributed by atoms with E-state index in [1.54, 1.807) is 30.3 Å². The molecule has 26 heavy (non-hydrogen) atoms. The maximum Gasteiger partial charge on any atom is 0.573 e. The Bertz CT molecular complexity index is 799. The Kier molecular flexibility index (Phi) is 6.00. The van der Waals surface area contributed by atoms with Crippen molar-refractivity contribution in [2.75, 3.05) is 7.11 Å². The molecule has 0 unspecified atom stereocenters. The molecule has 2 aromatic rings. The number of carbonyl (C=O) groups is 2. The van der Waals surface area contributed by atoms with Crippen molar-refractivity contribution in [2.24, 2.45) is 0 Å². The Balaban J connectivity index is 2.21. The lowest BCUT2D eigenvalue weighted by Crippen LogP contribution is -2.28. The van der Waals surface area contributed by atoms with Gasteiger partial charge in [-0.25, -0.2) is 4.79 Å². The molecule has 0 fully saturated rings. The Morgan fingerprint density at radius 1 is 1.00 bits per heavy atom. The highest BCUT2D eigenvalue weighted by Crippen LogP contribution is 2.23. The van der Waals surface area contributed by atoms with Crippen molar-refractivity contribution >= 4 is 18.0 Å². The zero-order valence-electron chi connectivity index (χ0n) is 13.5. The number of amides is 1. The molecule has 0 aliphatic carbocycles. The lowest BCUT2D eigenvalue weighted by atomic mass is 10.1. The van der Waals surface area contributed by atoms with Crippen LogP contribution in [-0.2, 0) is 9.53 Å². The van der Waals surface area contributed by atoms with Gasteiger partial charge in [0.05, 0.1) is 7.11 Å². The molecule has 5 nitrogen and oxygen atoms in total. The summed E-state index contributed by atoms with van der Waals surface area (Å²) in [4.78, 5) is 24.0. The van der Waals surface area contributed by atoms with E-state index in [2.05, 4.69) is 14.8 Å². The molecule has 0 aliphatic heterocycles. The molecule has 2 aromatic carbocycles. The number of rotatable bonds is 5. The average molecular weight is 365 g/mol. The highest BCUT2D eigenvalue weighted by Gasteiger charge is 2.30. The second kappa shape index (κ2) is 8.19. The van der Waals surface area contributed by atoms with Gasteiger partial charge in [0.15, 0.2) is 0 Å². The van der Waals surface area contributed by atoms with Crippen molar-refractivity contribution in [2.45, 2.75) is 6.36 Å². The van der Waals surface area contributed by atoms with Crippen molar-refractivity contribution in [3.8, 4) is 5.75 Å². The first-order chi connectivity index (χ1) is 12.3. The Labute approximate surface area is 147 Å². The predicted octanol–water partition coefficient (Wildman–Crippen LogP) is 3.53. The molecular formula is C18H14F3NO4. The number of benzene rings is 2. The van der Waals surface area contributed by atoms with E-state index in [9.17, 15) is 22.8 Å². The molecule has 2 rings (SSSR count). The molecule has 0 saturated carbocycles. The molecule has 1 amide bonds. The number of methoxy groups -OCH3 is 1. The fourth-order valence-corrected chi connectivity index (χ4v) is 1.97. The van der Waals surface area contributed by atoms with E-state index in [0.29, 0.717) is 11.1 Å². The number of ether oxygens (including phenoxy) is 2. The lowest BCUT2D eigenvalue weighted by molar-refractivity contribution is -0.274. The van der Waals surface area contributed by atoms with E-state index < -0.39 is 24.0 Å². The monoisotopic (exact) mass is 365 g/mol. The maximum atomic E-state index is 12.2. The van der Waals surface area contributed by atoms with Gasteiger partial charge in [0.25, 0.3) is 5.91 Å². The fraction of sp³-hybridized carbons (Fsp3) is 0.111. The van der Waals surface area contributed by atoms with Gasteiger partial charge < -0.3 is 14.8 Å². The summed E-state index contributed by atoms with van der Waals surface area (Å²) in [5.74, 6) is -1.73. The van der Waals surface area contributed by atoms with Crippen molar-refractivity contribution in [3.05, 3.63) is 71.4 Å². The number of esters is 1. The number of alkyl halides is 3. The SMILES string of the molecule is COC(=O)/C(=C/c1ccc(OC(F)(F)F)cc1)NC(=O)c1ccccc1. The van der Waals surface area contributed by atoms with Crippen LogP contribution in [0.25, 0.3) is 6.08 Å². The first kappa shape index (κ1) is 19.0. The Hall–Kier alpha value is -3.29. The summed E-state index contributed by atoms with van der Waals surface area (Å²) in [6.45, 7) is 0. The highest BCUT2D eigenvalue weighted by atomic mass is 19.4. The summed E-state index contributed by atoms with van der Waals surface area (Å²) in [5, 5.41) is 2.42. The Morgan fingerprint density at radius 2 is 1.62 bits per heavy atom. The quantitative estimate of drug-likeness (QED) is 0.650. The van der Waals surface area contributed by atoms with Crippen LogP contribution in [-0.4, -0.2) is 25.3 Å². The van der Waals surface area contributed by atoms with Gasteiger partial charge in [-0.15, -0.1) is 13.2 Å². The van der Waals surface area contributed by atoms with Crippen LogP contribution in [0.3, 0.4) is 0 Å². The minimum Gasteiger partial charge on any atom is -0.464 e. The molecule has 0 spiro atoms. The van der Waals surface area contributed by atoms with Crippen LogP contribution in [0, 0.1) is 0 Å². The van der Waals surface area contributed by atoms with Gasteiger partial charge in [0, 0.05) is 5.56 Å². The van der Waals surface area contributed by atoms with Gasteiger partial charge in [0.1, 0.15) is 11.4 Å². The second-order valence-electron chi connectivity index (χ2n) is 4.99. The zero-order valence-corrected chi connectivity index (χ0v) is 13.5. The maximum absolute atomic E-state index is 12.2. The van der Waals surface area contributed by atoms with Gasteiger partial charge in [-0.2, -0.15) is 0 Å². The largest absolute Gasteiger partial charge is 0.573 e. The second-order valence-corrected chi connectivity index (χ2v) is 4.99. The van der Waals surface area contributed by atoms with E-state index in [4.69, 9.17) is 0 Å². The van der Waals surface area contributed by atoms with E-state index >= 15 is 0 Å². The van der Waals surface area contributed by atoms with Crippen LogP contribution >= 0.6 is 0 Å². The molecule has 0 radical (unpaired) electrons. The van der Waals surface area contributed by atoms with Crippen molar-refractivity contribution in [1.82, 2.24) is 5.32 Å². The molecule has 0 aliphatic rings. The van der Waals surface area contributed by atoms with Gasteiger partial charge in [0.2, 0.25) is 0 Å². The standard InChI is InChI=1S/C18H14F3NO4/c1-25-17(24)15(22-16(23)13-5-3-2-4-6-13)11-12-7-9-14(10-8-12)26-18(19,20)21/h2-11H,1H3,(H,22,23)/b15-11-. The summed E-state index contributed by atoms with van der Waals surface area (Å²) in [6.07, 6.45) is -3.51. The van der Waals surface area contributed by atoms with Crippen LogP contribution in [0.2, 0.25) is 0 Å². The van der Waals surface area contributed by atoms with Gasteiger partial charge in [-0.3, -0.25) is 4.79 Å². The lowest BCUT2D eigenvalue weighted by Gasteiger charge is -2.10. The summed E-state index contributed by atoms with van der Waals surface area (Å²) in [5.41, 5.74) is 0.537. The number of carbonyl (C=O) groups excluding carboxylic acids is 2. The fourth-order valence-electron chi connectivity index (χ4n) is 1.97. The number of hydrogen-bond acceptors (Lipinski definition) is 4. The molecule has 0 atom stereocenters. The predicted molar refractivity (Wildman–Crippen MR) is 87.0 cm³/mol. The molecule has 0 heterocycles. The topological polar surface area (TPSA) is 64.6 Å². The van der Waals surface area contributed by atoms with E-state index in [1.165, 1.54) is 18.2 Å². The van der Waals surface area contributed by atoms with Crippen LogP contribution in [0.5, 0.6) is 5.75 Å². The summed E-state index contributed by atoms with van der Waals surface area (Å²) < 4.78 is 44.9. The van der Waals surface area contributed by atoms with E-state index in [1.807, 2.05) is 0 Å². The summed E-state index contributed by atoms with van der Waals surface area (Å²) in [7, 11) is 1.14. The third-order valence-electron chi connectivity index (χ3n) is 3.11. The smallest absolute Gasteiger partial charge is 0.464 e. The molecule has 1 N–H and O–H groups in total. The first-order valence-corrected chi connectivity index (χ1v) is 7.31.